The van der Waals surface area contributed by atoms with Gasteiger partial charge in [-0.15, -0.1) is 0 Å². The zero-order valence-electron chi connectivity index (χ0n) is 15.5. The summed E-state index contributed by atoms with van der Waals surface area (Å²) < 4.78 is 11.4. The normalized spacial score (nSPS) is 26.6. The quantitative estimate of drug-likeness (QED) is 0.745. The summed E-state index contributed by atoms with van der Waals surface area (Å²) in [6.45, 7) is 9.10. The van der Waals surface area contributed by atoms with Gasteiger partial charge in [-0.05, 0) is 24.0 Å². The number of urea groups is 1. The van der Waals surface area contributed by atoms with Crippen molar-refractivity contribution < 1.29 is 14.3 Å². The van der Waals surface area contributed by atoms with Crippen molar-refractivity contribution in [3.63, 3.8) is 0 Å². The van der Waals surface area contributed by atoms with Crippen LogP contribution in [0.3, 0.4) is 0 Å². The molecule has 1 saturated heterocycles. The molecule has 5 nitrogen and oxygen atoms in total. The molecule has 5 heteroatoms. The number of nitrogens with one attached hydrogen (secondary N) is 2. The summed E-state index contributed by atoms with van der Waals surface area (Å²) in [6.07, 6.45) is 2.33. The van der Waals surface area contributed by atoms with Crippen LogP contribution >= 0.6 is 0 Å². The Morgan fingerprint density at radius 3 is 2.84 bits per heavy atom. The zero-order valence-corrected chi connectivity index (χ0v) is 15.5. The van der Waals surface area contributed by atoms with Gasteiger partial charge >= 0.3 is 6.03 Å². The van der Waals surface area contributed by atoms with E-state index in [0.717, 1.165) is 37.2 Å². The van der Waals surface area contributed by atoms with E-state index in [9.17, 15) is 4.79 Å². The summed E-state index contributed by atoms with van der Waals surface area (Å²) in [4.78, 5) is 12.4. The number of hydrogen-bond donors (Lipinski definition) is 2. The number of ether oxygens (including phenoxy) is 2. The molecular formula is C20H30N2O3. The van der Waals surface area contributed by atoms with Crippen LogP contribution in [0.1, 0.15) is 44.7 Å². The standard InChI is InChI=1S/C20H30N2O3/c1-4-10-24-13-15-8-6-5-7-14(15)12-21-19(23)22-17-16-9-11-25-18(16)20(17,2)3/h5-8,16-18H,4,9-13H2,1-3H3,(H2,21,22,23)/t16-,17+,18-/m0/s1. The van der Waals surface area contributed by atoms with Crippen LogP contribution in [0, 0.1) is 11.3 Å². The highest BCUT2D eigenvalue weighted by Gasteiger charge is 2.59. The summed E-state index contributed by atoms with van der Waals surface area (Å²) in [5.41, 5.74) is 2.23. The fourth-order valence-corrected chi connectivity index (χ4v) is 4.18. The van der Waals surface area contributed by atoms with Crippen molar-refractivity contribution in [2.75, 3.05) is 13.2 Å². The Morgan fingerprint density at radius 1 is 1.32 bits per heavy atom. The summed E-state index contributed by atoms with van der Waals surface area (Å²) in [5, 5.41) is 6.16. The molecule has 2 fully saturated rings. The van der Waals surface area contributed by atoms with Crippen LogP contribution in [0.4, 0.5) is 4.79 Å². The van der Waals surface area contributed by atoms with Crippen LogP contribution in [0.25, 0.3) is 0 Å². The SMILES string of the molecule is CCCOCc1ccccc1CNC(=O)N[C@@H]1[C@@H]2CCO[C@@H]2C1(C)C. The van der Waals surface area contributed by atoms with Crippen LogP contribution in [0.2, 0.25) is 0 Å². The van der Waals surface area contributed by atoms with E-state index in [1.165, 1.54) is 0 Å². The van der Waals surface area contributed by atoms with E-state index >= 15 is 0 Å². The first kappa shape index (κ1) is 18.2. The minimum absolute atomic E-state index is 0.00437. The monoisotopic (exact) mass is 346 g/mol. The first-order chi connectivity index (χ1) is 12.0. The Kier molecular flexibility index (Phi) is 5.64. The maximum absolute atomic E-state index is 12.4. The molecule has 1 heterocycles. The van der Waals surface area contributed by atoms with Crippen molar-refractivity contribution in [3.8, 4) is 0 Å². The second-order valence-electron chi connectivity index (χ2n) is 7.69. The predicted octanol–water partition coefficient (Wildman–Crippen LogP) is 3.23. The Labute approximate surface area is 150 Å². The van der Waals surface area contributed by atoms with Gasteiger partial charge in [0.1, 0.15) is 0 Å². The second-order valence-corrected chi connectivity index (χ2v) is 7.69. The number of carbonyl (C=O) groups excluding carboxylic acids is 1. The van der Waals surface area contributed by atoms with Crippen molar-refractivity contribution in [3.05, 3.63) is 35.4 Å². The van der Waals surface area contributed by atoms with E-state index in [2.05, 4.69) is 37.5 Å². The fourth-order valence-electron chi connectivity index (χ4n) is 4.18. The molecule has 0 bridgehead atoms. The minimum atomic E-state index is -0.104. The molecule has 1 aliphatic heterocycles. The number of rotatable bonds is 7. The van der Waals surface area contributed by atoms with Crippen molar-refractivity contribution in [1.29, 1.82) is 0 Å². The molecule has 1 saturated carbocycles. The average Bonchev–Trinajstić information content (AvgIpc) is 3.06. The molecular weight excluding hydrogens is 316 g/mol. The molecule has 0 aromatic heterocycles. The highest BCUT2D eigenvalue weighted by Crippen LogP contribution is 2.52. The zero-order chi connectivity index (χ0) is 17.9. The first-order valence-electron chi connectivity index (χ1n) is 9.34. The molecule has 0 spiro atoms. The second kappa shape index (κ2) is 7.75. The number of carbonyl (C=O) groups is 1. The molecule has 1 aromatic carbocycles. The molecule has 3 rings (SSSR count). The van der Waals surface area contributed by atoms with Crippen LogP contribution in [-0.4, -0.2) is 31.4 Å². The summed E-state index contributed by atoms with van der Waals surface area (Å²) in [5.74, 6) is 0.454. The highest BCUT2D eigenvalue weighted by atomic mass is 16.5. The lowest BCUT2D eigenvalue weighted by atomic mass is 9.57. The number of hydrogen-bond acceptors (Lipinski definition) is 3. The van der Waals surface area contributed by atoms with Gasteiger partial charge in [0, 0.05) is 37.1 Å². The van der Waals surface area contributed by atoms with Gasteiger partial charge in [0.15, 0.2) is 0 Å². The lowest BCUT2D eigenvalue weighted by Crippen LogP contribution is -2.67. The van der Waals surface area contributed by atoms with Gasteiger partial charge in [-0.25, -0.2) is 4.79 Å². The van der Waals surface area contributed by atoms with Gasteiger partial charge in [0.25, 0.3) is 0 Å². The number of fused-ring (bicyclic) bond motifs is 1. The molecule has 0 radical (unpaired) electrons. The third kappa shape index (κ3) is 3.82. The third-order valence-corrected chi connectivity index (χ3v) is 5.55. The maximum Gasteiger partial charge on any atom is 0.315 e. The fraction of sp³-hybridized carbons (Fsp3) is 0.650. The molecule has 3 atom stereocenters. The van der Waals surface area contributed by atoms with E-state index < -0.39 is 0 Å². The van der Waals surface area contributed by atoms with Gasteiger partial charge in [-0.3, -0.25) is 0 Å². The summed E-state index contributed by atoms with van der Waals surface area (Å²) in [6, 6.07) is 8.17. The lowest BCUT2D eigenvalue weighted by molar-refractivity contribution is -0.108. The van der Waals surface area contributed by atoms with E-state index in [0.29, 0.717) is 19.1 Å². The van der Waals surface area contributed by atoms with Crippen LogP contribution in [0.15, 0.2) is 24.3 Å². The smallest absolute Gasteiger partial charge is 0.315 e. The van der Waals surface area contributed by atoms with Crippen molar-refractivity contribution >= 4 is 6.03 Å². The first-order valence-corrected chi connectivity index (χ1v) is 9.34. The topological polar surface area (TPSA) is 59.6 Å². The Morgan fingerprint density at radius 2 is 2.08 bits per heavy atom. The highest BCUT2D eigenvalue weighted by molar-refractivity contribution is 5.74. The average molecular weight is 346 g/mol. The van der Waals surface area contributed by atoms with E-state index in [1.54, 1.807) is 0 Å². The van der Waals surface area contributed by atoms with Gasteiger partial charge < -0.3 is 20.1 Å². The van der Waals surface area contributed by atoms with Crippen molar-refractivity contribution in [1.82, 2.24) is 10.6 Å². The molecule has 2 aliphatic rings. The Hall–Kier alpha value is -1.59. The van der Waals surface area contributed by atoms with E-state index in [-0.39, 0.29) is 23.6 Å². The van der Waals surface area contributed by atoms with Gasteiger partial charge in [-0.1, -0.05) is 45.0 Å². The lowest BCUT2D eigenvalue weighted by Gasteiger charge is -2.54. The molecule has 2 amide bonds. The maximum atomic E-state index is 12.4. The molecule has 1 aromatic rings. The van der Waals surface area contributed by atoms with Gasteiger partial charge in [0.05, 0.1) is 12.7 Å². The Bertz CT molecular complexity index is 602. The van der Waals surface area contributed by atoms with E-state index in [1.807, 2.05) is 18.2 Å². The van der Waals surface area contributed by atoms with Gasteiger partial charge in [-0.2, -0.15) is 0 Å². The summed E-state index contributed by atoms with van der Waals surface area (Å²) in [7, 11) is 0. The van der Waals surface area contributed by atoms with Crippen LogP contribution in [-0.2, 0) is 22.6 Å². The van der Waals surface area contributed by atoms with Crippen molar-refractivity contribution in [2.45, 2.75) is 58.9 Å². The molecule has 25 heavy (non-hydrogen) atoms. The van der Waals surface area contributed by atoms with Gasteiger partial charge in [0.2, 0.25) is 0 Å². The van der Waals surface area contributed by atoms with Crippen LogP contribution in [0.5, 0.6) is 0 Å². The number of amides is 2. The molecule has 1 aliphatic carbocycles. The molecule has 0 unspecified atom stereocenters. The third-order valence-electron chi connectivity index (χ3n) is 5.55. The summed E-state index contributed by atoms with van der Waals surface area (Å²) >= 11 is 0. The predicted molar refractivity (Wildman–Crippen MR) is 97.2 cm³/mol. The number of benzene rings is 1. The van der Waals surface area contributed by atoms with Crippen molar-refractivity contribution in [2.24, 2.45) is 11.3 Å². The van der Waals surface area contributed by atoms with E-state index in [4.69, 9.17) is 9.47 Å². The van der Waals surface area contributed by atoms with Crippen LogP contribution < -0.4 is 10.6 Å². The largest absolute Gasteiger partial charge is 0.377 e. The Balaban J connectivity index is 1.51. The minimum Gasteiger partial charge on any atom is -0.377 e. The molecule has 138 valence electrons. The molecule has 2 N–H and O–H groups in total.